The summed E-state index contributed by atoms with van der Waals surface area (Å²) in [6.45, 7) is 6.14. The Morgan fingerprint density at radius 3 is 2.52 bits per heavy atom. The van der Waals surface area contributed by atoms with Crippen LogP contribution in [0.3, 0.4) is 0 Å². The zero-order valence-electron chi connectivity index (χ0n) is 15.2. The van der Waals surface area contributed by atoms with Gasteiger partial charge in [0.15, 0.2) is 6.61 Å². The summed E-state index contributed by atoms with van der Waals surface area (Å²) in [4.78, 5) is 22.0. The van der Waals surface area contributed by atoms with E-state index in [4.69, 9.17) is 16.3 Å². The summed E-state index contributed by atoms with van der Waals surface area (Å²) in [5.74, 6) is 0.130. The molecule has 27 heavy (non-hydrogen) atoms. The molecule has 0 aromatic heterocycles. The molecule has 7 nitrogen and oxygen atoms in total. The van der Waals surface area contributed by atoms with Crippen LogP contribution in [0.1, 0.15) is 31.9 Å². The summed E-state index contributed by atoms with van der Waals surface area (Å²) < 4.78 is 5.41. The van der Waals surface area contributed by atoms with Crippen LogP contribution >= 0.6 is 11.6 Å². The maximum atomic E-state index is 11.8. The Kier molecular flexibility index (Phi) is 6.52. The molecule has 0 radical (unpaired) electrons. The number of nitrogens with one attached hydrogen (secondary N) is 1. The van der Waals surface area contributed by atoms with Crippen molar-refractivity contribution in [2.45, 2.75) is 26.2 Å². The number of hydrogen-bond acceptors (Lipinski definition) is 5. The fourth-order valence-corrected chi connectivity index (χ4v) is 2.35. The van der Waals surface area contributed by atoms with Crippen molar-refractivity contribution in [2.24, 2.45) is 5.10 Å². The third kappa shape index (κ3) is 6.07. The van der Waals surface area contributed by atoms with Gasteiger partial charge in [0.2, 0.25) is 0 Å². The molecule has 0 bridgehead atoms. The average Bonchev–Trinajstić information content (AvgIpc) is 2.60. The number of ether oxygens (including phenoxy) is 1. The summed E-state index contributed by atoms with van der Waals surface area (Å²) >= 11 is 5.74. The van der Waals surface area contributed by atoms with E-state index < -0.39 is 10.8 Å². The van der Waals surface area contributed by atoms with Crippen LogP contribution in [0, 0.1) is 10.1 Å². The van der Waals surface area contributed by atoms with Crippen molar-refractivity contribution in [3.05, 3.63) is 68.7 Å². The van der Waals surface area contributed by atoms with Gasteiger partial charge >= 0.3 is 0 Å². The van der Waals surface area contributed by atoms with Crippen molar-refractivity contribution in [1.29, 1.82) is 0 Å². The number of carbonyl (C=O) groups is 1. The second-order valence-corrected chi connectivity index (χ2v) is 7.23. The Morgan fingerprint density at radius 2 is 1.93 bits per heavy atom. The molecule has 0 unspecified atom stereocenters. The quantitative estimate of drug-likeness (QED) is 0.457. The molecule has 0 aliphatic rings. The summed E-state index contributed by atoms with van der Waals surface area (Å²) in [7, 11) is 0. The first-order chi connectivity index (χ1) is 12.7. The molecule has 0 saturated heterocycles. The molecule has 2 aromatic rings. The van der Waals surface area contributed by atoms with Crippen LogP contribution in [-0.2, 0) is 10.2 Å². The summed E-state index contributed by atoms with van der Waals surface area (Å²) in [6.07, 6.45) is 1.29. The van der Waals surface area contributed by atoms with E-state index in [0.717, 1.165) is 0 Å². The molecule has 0 saturated carbocycles. The fourth-order valence-electron chi connectivity index (χ4n) is 2.16. The number of benzene rings is 2. The number of carbonyl (C=O) groups excluding carboxylic acids is 1. The number of nitrogens with zero attached hydrogens (tertiary/aromatic N) is 2. The molecule has 0 aliphatic heterocycles. The molecule has 142 valence electrons. The smallest absolute Gasteiger partial charge is 0.288 e. The molecule has 0 aliphatic carbocycles. The molecule has 1 N–H and O–H groups in total. The largest absolute Gasteiger partial charge is 0.484 e. The molecule has 8 heteroatoms. The monoisotopic (exact) mass is 389 g/mol. The molecule has 1 amide bonds. The van der Waals surface area contributed by atoms with E-state index in [1.807, 2.05) is 24.3 Å². The third-order valence-corrected chi connectivity index (χ3v) is 3.98. The van der Waals surface area contributed by atoms with Crippen LogP contribution < -0.4 is 10.2 Å². The first-order valence-corrected chi connectivity index (χ1v) is 8.54. The zero-order chi connectivity index (χ0) is 20.0. The van der Waals surface area contributed by atoms with Crippen molar-refractivity contribution in [2.75, 3.05) is 6.61 Å². The number of hydrazone groups is 1. The lowest BCUT2D eigenvalue weighted by atomic mass is 9.87. The lowest BCUT2D eigenvalue weighted by Gasteiger charge is -2.19. The van der Waals surface area contributed by atoms with Crippen molar-refractivity contribution in [3.8, 4) is 5.75 Å². The topological polar surface area (TPSA) is 93.8 Å². The van der Waals surface area contributed by atoms with Gasteiger partial charge in [-0.25, -0.2) is 5.43 Å². The SMILES string of the molecule is CC(C)(C)c1ccc(OCC(=O)N/N=C/c2ccc(Cl)c([N+](=O)[O-])c2)cc1. The number of rotatable bonds is 6. The van der Waals surface area contributed by atoms with E-state index in [9.17, 15) is 14.9 Å². The Hall–Kier alpha value is -2.93. The molecule has 0 fully saturated rings. The van der Waals surface area contributed by atoms with Crippen LogP contribution in [0.25, 0.3) is 0 Å². The molecule has 0 heterocycles. The van der Waals surface area contributed by atoms with E-state index in [0.29, 0.717) is 11.3 Å². The highest BCUT2D eigenvalue weighted by Crippen LogP contribution is 2.25. The van der Waals surface area contributed by atoms with Crippen LogP contribution in [-0.4, -0.2) is 23.7 Å². The van der Waals surface area contributed by atoms with Crippen molar-refractivity contribution in [3.63, 3.8) is 0 Å². The van der Waals surface area contributed by atoms with Gasteiger partial charge in [0, 0.05) is 11.6 Å². The van der Waals surface area contributed by atoms with E-state index >= 15 is 0 Å². The lowest BCUT2D eigenvalue weighted by molar-refractivity contribution is -0.384. The number of hydrogen-bond donors (Lipinski definition) is 1. The maximum Gasteiger partial charge on any atom is 0.288 e. The Bertz CT molecular complexity index is 858. The Morgan fingerprint density at radius 1 is 1.26 bits per heavy atom. The van der Waals surface area contributed by atoms with Gasteiger partial charge in [-0.05, 0) is 29.2 Å². The van der Waals surface area contributed by atoms with Gasteiger partial charge in [-0.2, -0.15) is 5.10 Å². The molecular weight excluding hydrogens is 370 g/mol. The number of nitro groups is 1. The van der Waals surface area contributed by atoms with E-state index in [-0.39, 0.29) is 22.7 Å². The summed E-state index contributed by atoms with van der Waals surface area (Å²) in [5, 5.41) is 14.6. The van der Waals surface area contributed by atoms with Crippen LogP contribution in [0.5, 0.6) is 5.75 Å². The van der Waals surface area contributed by atoms with Gasteiger partial charge in [-0.3, -0.25) is 14.9 Å². The van der Waals surface area contributed by atoms with Gasteiger partial charge in [0.05, 0.1) is 11.1 Å². The van der Waals surface area contributed by atoms with Crippen LogP contribution in [0.2, 0.25) is 5.02 Å². The minimum absolute atomic E-state index is 0.0343. The molecule has 0 spiro atoms. The Labute approximate surface area is 162 Å². The van der Waals surface area contributed by atoms with E-state index in [2.05, 4.69) is 31.3 Å². The molecular formula is C19H20ClN3O4. The van der Waals surface area contributed by atoms with Crippen LogP contribution in [0.15, 0.2) is 47.6 Å². The first-order valence-electron chi connectivity index (χ1n) is 8.16. The minimum Gasteiger partial charge on any atom is -0.484 e. The highest BCUT2D eigenvalue weighted by molar-refractivity contribution is 6.32. The number of halogens is 1. The van der Waals surface area contributed by atoms with E-state index in [1.54, 1.807) is 6.07 Å². The van der Waals surface area contributed by atoms with Gasteiger partial charge in [0.1, 0.15) is 10.8 Å². The van der Waals surface area contributed by atoms with Gasteiger partial charge in [0.25, 0.3) is 11.6 Å². The second kappa shape index (κ2) is 8.64. The predicted molar refractivity (Wildman–Crippen MR) is 104 cm³/mol. The van der Waals surface area contributed by atoms with Gasteiger partial charge in [-0.15, -0.1) is 0 Å². The van der Waals surface area contributed by atoms with E-state index in [1.165, 1.54) is 23.9 Å². The maximum absolute atomic E-state index is 11.8. The van der Waals surface area contributed by atoms with Crippen molar-refractivity contribution < 1.29 is 14.5 Å². The number of nitro benzene ring substituents is 1. The first kappa shape index (κ1) is 20.4. The molecule has 2 rings (SSSR count). The van der Waals surface area contributed by atoms with Crippen molar-refractivity contribution in [1.82, 2.24) is 5.43 Å². The third-order valence-electron chi connectivity index (χ3n) is 3.66. The Balaban J connectivity index is 1.87. The zero-order valence-corrected chi connectivity index (χ0v) is 16.0. The highest BCUT2D eigenvalue weighted by Gasteiger charge is 2.13. The second-order valence-electron chi connectivity index (χ2n) is 6.82. The molecule has 0 atom stereocenters. The standard InChI is InChI=1S/C19H20ClN3O4/c1-19(2,3)14-5-7-15(8-6-14)27-12-18(24)22-21-11-13-4-9-16(20)17(10-13)23(25)26/h4-11H,12H2,1-3H3,(H,22,24)/b21-11+. The highest BCUT2D eigenvalue weighted by atomic mass is 35.5. The summed E-state index contributed by atoms with van der Waals surface area (Å²) in [6, 6.07) is 11.8. The summed E-state index contributed by atoms with van der Waals surface area (Å²) in [5.41, 5.74) is 3.72. The predicted octanol–water partition coefficient (Wildman–Crippen LogP) is 4.07. The number of amides is 1. The lowest BCUT2D eigenvalue weighted by Crippen LogP contribution is -2.24. The fraction of sp³-hybridized carbons (Fsp3) is 0.263. The van der Waals surface area contributed by atoms with Gasteiger partial charge < -0.3 is 4.74 Å². The van der Waals surface area contributed by atoms with Crippen LogP contribution in [0.4, 0.5) is 5.69 Å². The minimum atomic E-state index is -0.586. The van der Waals surface area contributed by atoms with Crippen molar-refractivity contribution >= 4 is 29.4 Å². The molecule has 2 aromatic carbocycles. The average molecular weight is 390 g/mol. The normalized spacial score (nSPS) is 11.4. The van der Waals surface area contributed by atoms with Gasteiger partial charge in [-0.1, -0.05) is 50.6 Å².